The predicted molar refractivity (Wildman–Crippen MR) is 133 cm³/mol. The zero-order valence-electron chi connectivity index (χ0n) is 19.4. The van der Waals surface area contributed by atoms with Gasteiger partial charge in [-0.25, -0.2) is 4.39 Å². The number of ether oxygens (including phenoxy) is 2. The van der Waals surface area contributed by atoms with Crippen molar-refractivity contribution in [1.29, 1.82) is 0 Å². The number of carbonyl (C=O) groups is 1. The fourth-order valence-corrected chi connectivity index (χ4v) is 5.09. The molecule has 10 heteroatoms. The molecule has 1 aromatic heterocycles. The van der Waals surface area contributed by atoms with Gasteiger partial charge in [0, 0.05) is 25.3 Å². The number of rotatable bonds is 8. The Kier molecular flexibility index (Phi) is 7.60. The third-order valence-electron chi connectivity index (χ3n) is 6.09. The van der Waals surface area contributed by atoms with E-state index in [9.17, 15) is 9.18 Å². The molecular formula is C25H28FN5O3S. The molecule has 5 rings (SSSR count). The number of aromatic nitrogens is 3. The molecule has 2 fully saturated rings. The lowest BCUT2D eigenvalue weighted by Gasteiger charge is -2.30. The molecular weight excluding hydrogens is 469 g/mol. The number of anilines is 2. The van der Waals surface area contributed by atoms with Gasteiger partial charge in [0.05, 0.1) is 43.0 Å². The molecule has 2 aromatic carbocycles. The summed E-state index contributed by atoms with van der Waals surface area (Å²) in [4.78, 5) is 15.1. The van der Waals surface area contributed by atoms with Crippen molar-refractivity contribution >= 4 is 29.0 Å². The lowest BCUT2D eigenvalue weighted by Crippen LogP contribution is -2.36. The highest BCUT2D eigenvalue weighted by atomic mass is 32.2. The molecule has 3 heterocycles. The standard InChI is InChI=1S/C25H28FN5O3S/c26-19-9-7-18(8-10-19)24-28-29-25(31(24)16-20-4-3-13-34-20)35-17-23(32)27-21-5-1-2-6-22(21)30-11-14-33-15-12-30/h1-2,5-10,20H,3-4,11-17H2,(H,27,32). The van der Waals surface area contributed by atoms with Gasteiger partial charge in [-0.1, -0.05) is 23.9 Å². The van der Waals surface area contributed by atoms with Gasteiger partial charge in [0.15, 0.2) is 11.0 Å². The molecule has 1 atom stereocenters. The molecule has 2 saturated heterocycles. The maximum Gasteiger partial charge on any atom is 0.234 e. The molecule has 3 aromatic rings. The van der Waals surface area contributed by atoms with Crippen LogP contribution in [0.3, 0.4) is 0 Å². The number of thioether (sulfide) groups is 1. The largest absolute Gasteiger partial charge is 0.378 e. The number of hydrogen-bond acceptors (Lipinski definition) is 7. The monoisotopic (exact) mass is 497 g/mol. The molecule has 2 aliphatic rings. The summed E-state index contributed by atoms with van der Waals surface area (Å²) in [6.07, 6.45) is 2.05. The summed E-state index contributed by atoms with van der Waals surface area (Å²) >= 11 is 1.33. The number of para-hydroxylation sites is 2. The minimum Gasteiger partial charge on any atom is -0.378 e. The van der Waals surface area contributed by atoms with Crippen LogP contribution in [0.15, 0.2) is 53.7 Å². The van der Waals surface area contributed by atoms with E-state index in [0.29, 0.717) is 30.7 Å². The molecule has 0 radical (unpaired) electrons. The number of amides is 1. The number of nitrogens with zero attached hydrogens (tertiary/aromatic N) is 4. The summed E-state index contributed by atoms with van der Waals surface area (Å²) < 4.78 is 26.7. The van der Waals surface area contributed by atoms with Gasteiger partial charge in [0.25, 0.3) is 0 Å². The van der Waals surface area contributed by atoms with Crippen molar-refractivity contribution in [2.24, 2.45) is 0 Å². The third-order valence-corrected chi connectivity index (χ3v) is 7.06. The minimum absolute atomic E-state index is 0.0683. The highest BCUT2D eigenvalue weighted by molar-refractivity contribution is 7.99. The van der Waals surface area contributed by atoms with E-state index in [4.69, 9.17) is 9.47 Å². The molecule has 2 aliphatic heterocycles. The Balaban J connectivity index is 1.29. The van der Waals surface area contributed by atoms with Crippen molar-refractivity contribution < 1.29 is 18.7 Å². The van der Waals surface area contributed by atoms with Crippen molar-refractivity contribution in [3.8, 4) is 11.4 Å². The highest BCUT2D eigenvalue weighted by Crippen LogP contribution is 2.29. The van der Waals surface area contributed by atoms with Gasteiger partial charge in [-0.2, -0.15) is 0 Å². The topological polar surface area (TPSA) is 81.5 Å². The van der Waals surface area contributed by atoms with Gasteiger partial charge in [-0.3, -0.25) is 9.36 Å². The van der Waals surface area contributed by atoms with Crippen molar-refractivity contribution in [3.05, 3.63) is 54.3 Å². The van der Waals surface area contributed by atoms with Crippen LogP contribution in [0.4, 0.5) is 15.8 Å². The first-order valence-electron chi connectivity index (χ1n) is 11.8. The lowest BCUT2D eigenvalue weighted by molar-refractivity contribution is -0.113. The summed E-state index contributed by atoms with van der Waals surface area (Å²) in [6.45, 7) is 4.26. The molecule has 0 aliphatic carbocycles. The van der Waals surface area contributed by atoms with Crippen molar-refractivity contribution in [3.63, 3.8) is 0 Å². The zero-order valence-corrected chi connectivity index (χ0v) is 20.2. The number of nitrogens with one attached hydrogen (secondary N) is 1. The summed E-state index contributed by atoms with van der Waals surface area (Å²) in [6, 6.07) is 14.0. The van der Waals surface area contributed by atoms with E-state index in [1.807, 2.05) is 28.8 Å². The van der Waals surface area contributed by atoms with Gasteiger partial charge in [-0.15, -0.1) is 10.2 Å². The van der Waals surface area contributed by atoms with E-state index >= 15 is 0 Å². The van der Waals surface area contributed by atoms with Gasteiger partial charge >= 0.3 is 0 Å². The maximum absolute atomic E-state index is 13.5. The molecule has 0 bridgehead atoms. The average Bonchev–Trinajstić information content (AvgIpc) is 3.55. The highest BCUT2D eigenvalue weighted by Gasteiger charge is 2.23. The Bertz CT molecular complexity index is 1140. The van der Waals surface area contributed by atoms with E-state index in [-0.39, 0.29) is 23.6 Å². The van der Waals surface area contributed by atoms with Crippen LogP contribution >= 0.6 is 11.8 Å². The Hall–Kier alpha value is -2.95. The number of carbonyl (C=O) groups excluding carboxylic acids is 1. The van der Waals surface area contributed by atoms with Crippen molar-refractivity contribution in [1.82, 2.24) is 14.8 Å². The molecule has 8 nitrogen and oxygen atoms in total. The molecule has 1 unspecified atom stereocenters. The van der Waals surface area contributed by atoms with Crippen LogP contribution in [-0.2, 0) is 20.8 Å². The molecule has 0 saturated carbocycles. The number of halogens is 1. The number of morpholine rings is 1. The quantitative estimate of drug-likeness (QED) is 0.474. The second-order valence-electron chi connectivity index (χ2n) is 8.51. The van der Waals surface area contributed by atoms with Crippen LogP contribution in [-0.4, -0.2) is 65.4 Å². The van der Waals surface area contributed by atoms with Crippen LogP contribution < -0.4 is 10.2 Å². The normalized spacial score (nSPS) is 18.1. The van der Waals surface area contributed by atoms with E-state index < -0.39 is 0 Å². The van der Waals surface area contributed by atoms with E-state index in [0.717, 1.165) is 49.5 Å². The predicted octanol–water partition coefficient (Wildman–Crippen LogP) is 3.83. The Morgan fingerprint density at radius 2 is 1.89 bits per heavy atom. The van der Waals surface area contributed by atoms with E-state index in [2.05, 4.69) is 20.4 Å². The molecule has 1 amide bonds. The Labute approximate surface area is 207 Å². The third kappa shape index (κ3) is 5.83. The van der Waals surface area contributed by atoms with E-state index in [1.165, 1.54) is 23.9 Å². The molecule has 35 heavy (non-hydrogen) atoms. The van der Waals surface area contributed by atoms with Gasteiger partial charge in [-0.05, 0) is 49.2 Å². The average molecular weight is 498 g/mol. The van der Waals surface area contributed by atoms with Crippen molar-refractivity contribution in [2.45, 2.75) is 30.6 Å². The second kappa shape index (κ2) is 11.2. The summed E-state index contributed by atoms with van der Waals surface area (Å²) in [7, 11) is 0. The first-order chi connectivity index (χ1) is 17.2. The summed E-state index contributed by atoms with van der Waals surface area (Å²) in [5.41, 5.74) is 2.55. The van der Waals surface area contributed by atoms with E-state index in [1.54, 1.807) is 12.1 Å². The van der Waals surface area contributed by atoms with Crippen LogP contribution in [0.1, 0.15) is 12.8 Å². The number of hydrogen-bond donors (Lipinski definition) is 1. The van der Waals surface area contributed by atoms with Crippen LogP contribution in [0.2, 0.25) is 0 Å². The van der Waals surface area contributed by atoms with Gasteiger partial charge in [0.2, 0.25) is 5.91 Å². The fraction of sp³-hybridized carbons (Fsp3) is 0.400. The van der Waals surface area contributed by atoms with Crippen LogP contribution in [0.5, 0.6) is 0 Å². The number of benzene rings is 2. The summed E-state index contributed by atoms with van der Waals surface area (Å²) in [5, 5.41) is 12.4. The van der Waals surface area contributed by atoms with Crippen LogP contribution in [0.25, 0.3) is 11.4 Å². The fourth-order valence-electron chi connectivity index (χ4n) is 4.34. The maximum atomic E-state index is 13.5. The minimum atomic E-state index is -0.303. The smallest absolute Gasteiger partial charge is 0.234 e. The van der Waals surface area contributed by atoms with Gasteiger partial charge in [0.1, 0.15) is 5.82 Å². The zero-order chi connectivity index (χ0) is 24.0. The first-order valence-corrected chi connectivity index (χ1v) is 12.8. The van der Waals surface area contributed by atoms with Crippen molar-refractivity contribution in [2.75, 3.05) is 48.9 Å². The first kappa shape index (κ1) is 23.8. The second-order valence-corrected chi connectivity index (χ2v) is 9.45. The van der Waals surface area contributed by atoms with Gasteiger partial charge < -0.3 is 19.7 Å². The molecule has 184 valence electrons. The lowest BCUT2D eigenvalue weighted by atomic mass is 10.2. The molecule has 1 N–H and O–H groups in total. The Morgan fingerprint density at radius 3 is 2.66 bits per heavy atom. The summed E-state index contributed by atoms with van der Waals surface area (Å²) in [5.74, 6) is 0.402. The van der Waals surface area contributed by atoms with Crippen LogP contribution in [0, 0.1) is 5.82 Å². The Morgan fingerprint density at radius 1 is 1.09 bits per heavy atom. The SMILES string of the molecule is O=C(CSc1nnc(-c2ccc(F)cc2)n1CC1CCCO1)Nc1ccccc1N1CCOCC1. The molecule has 0 spiro atoms.